The predicted octanol–water partition coefficient (Wildman–Crippen LogP) is 2.77. The highest BCUT2D eigenvalue weighted by atomic mass is 16.5. The summed E-state index contributed by atoms with van der Waals surface area (Å²) in [5.74, 6) is 0.408. The van der Waals surface area contributed by atoms with Crippen LogP contribution in [0.25, 0.3) is 16.7 Å². The van der Waals surface area contributed by atoms with Crippen molar-refractivity contribution in [3.63, 3.8) is 0 Å². The number of anilines is 2. The monoisotopic (exact) mass is 500 g/mol. The third-order valence-corrected chi connectivity index (χ3v) is 6.95. The standard InChI is InChI=1S/C27H32N8O2/c1-16-12-34(13-17(2)31-16)22-5-4-21(24-25(22)30-9-8-29-24)27(36)33-19-10-23(37-20-6-7-28-11-20)26-32-18(3)14-35(26)15-19/h4-5,8-10,14-17,20,28,31H,6-7,11-13H2,1-3H3,(H,33,36)/t16-,17-,20?/m0/s1. The van der Waals surface area contributed by atoms with Crippen molar-refractivity contribution in [3.05, 3.63) is 54.2 Å². The Kier molecular flexibility index (Phi) is 6.13. The molecule has 37 heavy (non-hydrogen) atoms. The molecule has 192 valence electrons. The highest BCUT2D eigenvalue weighted by Gasteiger charge is 2.25. The maximum Gasteiger partial charge on any atom is 0.257 e. The lowest BCUT2D eigenvalue weighted by atomic mass is 10.1. The van der Waals surface area contributed by atoms with E-state index in [1.807, 2.05) is 41.9 Å². The second kappa shape index (κ2) is 9.60. The summed E-state index contributed by atoms with van der Waals surface area (Å²) in [6.07, 6.45) is 8.11. The minimum atomic E-state index is -0.247. The number of carbonyl (C=O) groups excluding carboxylic acids is 1. The summed E-state index contributed by atoms with van der Waals surface area (Å²) < 4.78 is 8.17. The van der Waals surface area contributed by atoms with E-state index in [1.165, 1.54) is 0 Å². The Bertz CT molecular complexity index is 1450. The number of imidazole rings is 1. The van der Waals surface area contributed by atoms with Gasteiger partial charge in [-0.2, -0.15) is 0 Å². The molecule has 0 bridgehead atoms. The highest BCUT2D eigenvalue weighted by Crippen LogP contribution is 2.30. The van der Waals surface area contributed by atoms with Crippen molar-refractivity contribution in [2.24, 2.45) is 0 Å². The number of pyridine rings is 1. The molecule has 3 N–H and O–H groups in total. The average molecular weight is 501 g/mol. The van der Waals surface area contributed by atoms with Crippen LogP contribution in [0.1, 0.15) is 36.3 Å². The molecule has 0 saturated carbocycles. The molecule has 2 saturated heterocycles. The van der Waals surface area contributed by atoms with Gasteiger partial charge in [0.25, 0.3) is 5.91 Å². The van der Waals surface area contributed by atoms with Gasteiger partial charge in [-0.15, -0.1) is 0 Å². The molecule has 1 amide bonds. The zero-order valence-electron chi connectivity index (χ0n) is 21.4. The summed E-state index contributed by atoms with van der Waals surface area (Å²) in [6.45, 7) is 9.76. The Labute approximate surface area is 215 Å². The maximum absolute atomic E-state index is 13.5. The molecule has 4 aromatic rings. The second-order valence-electron chi connectivity index (χ2n) is 10.2. The maximum atomic E-state index is 13.5. The van der Waals surface area contributed by atoms with E-state index < -0.39 is 0 Å². The van der Waals surface area contributed by atoms with Crippen LogP contribution in [0.4, 0.5) is 11.4 Å². The van der Waals surface area contributed by atoms with Crippen LogP contribution in [0.5, 0.6) is 5.75 Å². The minimum Gasteiger partial charge on any atom is -0.485 e. The molecule has 10 heteroatoms. The fourth-order valence-electron chi connectivity index (χ4n) is 5.46. The van der Waals surface area contributed by atoms with Crippen LogP contribution in [-0.2, 0) is 0 Å². The zero-order chi connectivity index (χ0) is 25.5. The number of nitrogens with zero attached hydrogens (tertiary/aromatic N) is 5. The molecule has 3 aromatic heterocycles. The Hall–Kier alpha value is -3.76. The molecule has 1 unspecified atom stereocenters. The van der Waals surface area contributed by atoms with E-state index >= 15 is 0 Å². The first-order valence-corrected chi connectivity index (χ1v) is 12.9. The smallest absolute Gasteiger partial charge is 0.257 e. The van der Waals surface area contributed by atoms with Crippen LogP contribution in [0.2, 0.25) is 0 Å². The molecule has 6 rings (SSSR count). The third kappa shape index (κ3) is 4.70. The quantitative estimate of drug-likeness (QED) is 0.384. The zero-order valence-corrected chi connectivity index (χ0v) is 21.4. The SMILES string of the molecule is Cc1cn2cc(NC(=O)c3ccc(N4C[C@H](C)N[C@@H](C)C4)c4nccnc34)cc(OC3CCNC3)c2n1. The number of carbonyl (C=O) groups is 1. The topological polar surface area (TPSA) is 109 Å². The van der Waals surface area contributed by atoms with Crippen molar-refractivity contribution in [1.29, 1.82) is 0 Å². The number of aromatic nitrogens is 4. The highest BCUT2D eigenvalue weighted by molar-refractivity contribution is 6.13. The van der Waals surface area contributed by atoms with Gasteiger partial charge >= 0.3 is 0 Å². The number of benzene rings is 1. The number of ether oxygens (including phenoxy) is 1. The molecule has 10 nitrogen and oxygen atoms in total. The van der Waals surface area contributed by atoms with E-state index in [4.69, 9.17) is 4.74 Å². The molecule has 2 aliphatic rings. The van der Waals surface area contributed by atoms with Gasteiger partial charge in [-0.3, -0.25) is 14.8 Å². The molecule has 5 heterocycles. The van der Waals surface area contributed by atoms with Gasteiger partial charge in [0, 0.05) is 62.6 Å². The first kappa shape index (κ1) is 23.6. The Morgan fingerprint density at radius 3 is 2.65 bits per heavy atom. The molecule has 3 atom stereocenters. The van der Waals surface area contributed by atoms with Crippen LogP contribution in [-0.4, -0.2) is 69.6 Å². The van der Waals surface area contributed by atoms with Gasteiger partial charge in [-0.25, -0.2) is 4.98 Å². The van der Waals surface area contributed by atoms with Crippen LogP contribution in [0.3, 0.4) is 0 Å². The van der Waals surface area contributed by atoms with E-state index in [-0.39, 0.29) is 12.0 Å². The van der Waals surface area contributed by atoms with Crippen molar-refractivity contribution >= 4 is 34.0 Å². The Balaban J connectivity index is 1.32. The normalized spacial score (nSPS) is 22.0. The summed E-state index contributed by atoms with van der Waals surface area (Å²) >= 11 is 0. The predicted molar refractivity (Wildman–Crippen MR) is 144 cm³/mol. The van der Waals surface area contributed by atoms with E-state index in [0.717, 1.165) is 55.1 Å². The fourth-order valence-corrected chi connectivity index (χ4v) is 5.46. The van der Waals surface area contributed by atoms with Crippen LogP contribution in [0.15, 0.2) is 43.0 Å². The van der Waals surface area contributed by atoms with Gasteiger partial charge in [-0.05, 0) is 45.9 Å². The van der Waals surface area contributed by atoms with E-state index in [9.17, 15) is 4.79 Å². The third-order valence-electron chi connectivity index (χ3n) is 6.95. The lowest BCUT2D eigenvalue weighted by Crippen LogP contribution is -2.54. The molecule has 2 fully saturated rings. The number of fused-ring (bicyclic) bond motifs is 2. The first-order chi connectivity index (χ1) is 17.9. The Morgan fingerprint density at radius 2 is 1.89 bits per heavy atom. The van der Waals surface area contributed by atoms with E-state index in [2.05, 4.69) is 49.6 Å². The molecule has 0 spiro atoms. The second-order valence-corrected chi connectivity index (χ2v) is 10.2. The average Bonchev–Trinajstić information content (AvgIpc) is 3.51. The summed E-state index contributed by atoms with van der Waals surface area (Å²) in [7, 11) is 0. The van der Waals surface area contributed by atoms with Gasteiger partial charge in [0.1, 0.15) is 17.1 Å². The summed E-state index contributed by atoms with van der Waals surface area (Å²) in [5.41, 5.74) is 5.04. The molecular weight excluding hydrogens is 468 g/mol. The minimum absolute atomic E-state index is 0.0777. The van der Waals surface area contributed by atoms with Crippen molar-refractivity contribution in [1.82, 2.24) is 30.0 Å². The van der Waals surface area contributed by atoms with Crippen molar-refractivity contribution in [3.8, 4) is 5.75 Å². The number of aryl methyl sites for hydroxylation is 1. The van der Waals surface area contributed by atoms with E-state index in [1.54, 1.807) is 12.4 Å². The van der Waals surface area contributed by atoms with E-state index in [0.29, 0.717) is 34.6 Å². The lowest BCUT2D eigenvalue weighted by molar-refractivity contribution is 0.102. The van der Waals surface area contributed by atoms with Crippen LogP contribution < -0.4 is 25.6 Å². The van der Waals surface area contributed by atoms with Gasteiger partial charge in [0.2, 0.25) is 0 Å². The fraction of sp³-hybridized carbons (Fsp3) is 0.407. The molecule has 0 radical (unpaired) electrons. The summed E-state index contributed by atoms with van der Waals surface area (Å²) in [4.78, 5) is 29.7. The number of piperazine rings is 1. The first-order valence-electron chi connectivity index (χ1n) is 12.9. The van der Waals surface area contributed by atoms with Crippen molar-refractivity contribution in [2.45, 2.75) is 45.4 Å². The van der Waals surface area contributed by atoms with Gasteiger partial charge in [0.15, 0.2) is 11.4 Å². The lowest BCUT2D eigenvalue weighted by Gasteiger charge is -2.38. The molecule has 2 aliphatic heterocycles. The summed E-state index contributed by atoms with van der Waals surface area (Å²) in [6, 6.07) is 6.40. The number of hydrogen-bond acceptors (Lipinski definition) is 8. The van der Waals surface area contributed by atoms with Crippen molar-refractivity contribution in [2.75, 3.05) is 36.4 Å². The molecule has 1 aromatic carbocycles. The van der Waals surface area contributed by atoms with Gasteiger partial charge < -0.3 is 30.0 Å². The number of rotatable bonds is 5. The van der Waals surface area contributed by atoms with Gasteiger partial charge in [-0.1, -0.05) is 0 Å². The van der Waals surface area contributed by atoms with Gasteiger partial charge in [0.05, 0.1) is 22.6 Å². The van der Waals surface area contributed by atoms with Crippen LogP contribution in [0, 0.1) is 6.92 Å². The Morgan fingerprint density at radius 1 is 1.11 bits per heavy atom. The number of hydrogen-bond donors (Lipinski definition) is 3. The molecular formula is C27H32N8O2. The summed E-state index contributed by atoms with van der Waals surface area (Å²) in [5, 5.41) is 9.94. The van der Waals surface area contributed by atoms with Crippen LogP contribution >= 0.6 is 0 Å². The number of nitrogens with one attached hydrogen (secondary N) is 3. The molecule has 0 aliphatic carbocycles. The van der Waals surface area contributed by atoms with Crippen molar-refractivity contribution < 1.29 is 9.53 Å². The largest absolute Gasteiger partial charge is 0.485 e. The number of amides is 1.